The molecule has 1 N–H and O–H groups in total. The quantitative estimate of drug-likeness (QED) is 0.349. The van der Waals surface area contributed by atoms with Crippen LogP contribution in [-0.2, 0) is 16.0 Å². The molecule has 0 fully saturated rings. The van der Waals surface area contributed by atoms with Crippen LogP contribution in [0.3, 0.4) is 0 Å². The molecule has 0 saturated carbocycles. The number of rotatable bonds is 7. The molecule has 7 nitrogen and oxygen atoms in total. The van der Waals surface area contributed by atoms with E-state index in [0.29, 0.717) is 22.1 Å². The summed E-state index contributed by atoms with van der Waals surface area (Å²) < 4.78 is 15.5. The van der Waals surface area contributed by atoms with Crippen LogP contribution in [0.25, 0.3) is 11.3 Å². The van der Waals surface area contributed by atoms with Gasteiger partial charge in [-0.2, -0.15) is 5.10 Å². The molecule has 0 unspecified atom stereocenters. The van der Waals surface area contributed by atoms with Gasteiger partial charge >= 0.3 is 5.97 Å². The Morgan fingerprint density at radius 3 is 2.57 bits per heavy atom. The Balaban J connectivity index is 1.61. The van der Waals surface area contributed by atoms with Gasteiger partial charge in [-0.3, -0.25) is 4.79 Å². The van der Waals surface area contributed by atoms with E-state index in [1.165, 1.54) is 13.3 Å². The lowest BCUT2D eigenvalue weighted by Crippen LogP contribution is -2.19. The van der Waals surface area contributed by atoms with E-state index in [0.717, 1.165) is 11.3 Å². The number of halogens is 1. The molecule has 8 heteroatoms. The van der Waals surface area contributed by atoms with E-state index in [1.807, 2.05) is 12.1 Å². The van der Waals surface area contributed by atoms with Crippen LogP contribution >= 0.6 is 11.6 Å². The number of hydrogen-bond acceptors (Lipinski definition) is 6. The van der Waals surface area contributed by atoms with Gasteiger partial charge in [-0.15, -0.1) is 0 Å². The van der Waals surface area contributed by atoms with E-state index in [1.54, 1.807) is 49.6 Å². The Morgan fingerprint density at radius 1 is 1.10 bits per heavy atom. The van der Waals surface area contributed by atoms with Gasteiger partial charge in [0.1, 0.15) is 17.3 Å². The van der Waals surface area contributed by atoms with Gasteiger partial charge < -0.3 is 13.9 Å². The van der Waals surface area contributed by atoms with Gasteiger partial charge in [0.25, 0.3) is 0 Å². The van der Waals surface area contributed by atoms with Gasteiger partial charge in [-0.05, 0) is 48.0 Å². The highest BCUT2D eigenvalue weighted by molar-refractivity contribution is 6.33. The van der Waals surface area contributed by atoms with Gasteiger partial charge in [0, 0.05) is 5.56 Å². The highest BCUT2D eigenvalue weighted by atomic mass is 35.5. The van der Waals surface area contributed by atoms with Crippen molar-refractivity contribution in [3.63, 3.8) is 0 Å². The fourth-order valence-electron chi connectivity index (χ4n) is 2.66. The van der Waals surface area contributed by atoms with E-state index < -0.39 is 5.97 Å². The molecule has 1 aromatic heterocycles. The molecule has 0 bridgehead atoms. The Morgan fingerprint density at radius 2 is 1.87 bits per heavy atom. The minimum Gasteiger partial charge on any atom is -0.497 e. The Bertz CT molecular complexity index is 1070. The van der Waals surface area contributed by atoms with Crippen LogP contribution in [-0.4, -0.2) is 32.3 Å². The molecule has 3 aromatic rings. The summed E-state index contributed by atoms with van der Waals surface area (Å²) in [6, 6.07) is 15.5. The molecule has 2 aromatic carbocycles. The molecule has 0 spiro atoms. The zero-order valence-electron chi connectivity index (χ0n) is 16.3. The van der Waals surface area contributed by atoms with Crippen molar-refractivity contribution in [3.8, 4) is 17.1 Å². The first-order valence-corrected chi connectivity index (χ1v) is 9.31. The van der Waals surface area contributed by atoms with Crippen LogP contribution in [0.15, 0.2) is 64.1 Å². The fourth-order valence-corrected chi connectivity index (χ4v) is 2.85. The number of carbonyl (C=O) groups excluding carboxylic acids is 2. The minimum atomic E-state index is -0.533. The number of hydrazone groups is 1. The van der Waals surface area contributed by atoms with Crippen molar-refractivity contribution in [2.45, 2.75) is 6.42 Å². The molecule has 0 atom stereocenters. The number of methoxy groups -OCH3 is 2. The number of nitrogens with zero attached hydrogens (tertiary/aromatic N) is 1. The summed E-state index contributed by atoms with van der Waals surface area (Å²) in [5, 5.41) is 4.20. The van der Waals surface area contributed by atoms with E-state index in [-0.39, 0.29) is 17.9 Å². The maximum atomic E-state index is 12.0. The van der Waals surface area contributed by atoms with Crippen molar-refractivity contribution in [2.75, 3.05) is 14.2 Å². The van der Waals surface area contributed by atoms with Crippen molar-refractivity contribution in [1.29, 1.82) is 0 Å². The van der Waals surface area contributed by atoms with Crippen LogP contribution in [0.1, 0.15) is 21.7 Å². The second kappa shape index (κ2) is 9.76. The van der Waals surface area contributed by atoms with Crippen LogP contribution in [0.5, 0.6) is 5.75 Å². The lowest BCUT2D eigenvalue weighted by Gasteiger charge is -2.04. The minimum absolute atomic E-state index is 0.186. The summed E-state index contributed by atoms with van der Waals surface area (Å²) in [6.07, 6.45) is 1.58. The van der Waals surface area contributed by atoms with Gasteiger partial charge in [0.15, 0.2) is 0 Å². The molecule has 3 rings (SSSR count). The number of hydrogen-bond donors (Lipinski definition) is 1. The smallest absolute Gasteiger partial charge is 0.339 e. The SMILES string of the molecule is COC(=O)c1cc(-c2ccc(/C=N\NC(=O)Cc3ccc(OC)cc3)o2)ccc1Cl. The molecule has 1 heterocycles. The Labute approximate surface area is 178 Å². The Hall–Kier alpha value is -3.58. The number of carbonyl (C=O) groups is 2. The molecule has 0 aliphatic heterocycles. The highest BCUT2D eigenvalue weighted by Crippen LogP contribution is 2.27. The normalized spacial score (nSPS) is 10.8. The lowest BCUT2D eigenvalue weighted by molar-refractivity contribution is -0.120. The van der Waals surface area contributed by atoms with Crippen LogP contribution < -0.4 is 10.2 Å². The van der Waals surface area contributed by atoms with Crippen LogP contribution in [0.4, 0.5) is 0 Å². The summed E-state index contributed by atoms with van der Waals surface area (Å²) in [5.41, 5.74) is 4.20. The summed E-state index contributed by atoms with van der Waals surface area (Å²) in [4.78, 5) is 23.8. The van der Waals surface area contributed by atoms with Gasteiger partial charge in [0.2, 0.25) is 5.91 Å². The molecular formula is C22H19ClN2O5. The second-order valence-corrected chi connectivity index (χ2v) is 6.61. The summed E-state index contributed by atoms with van der Waals surface area (Å²) >= 11 is 6.03. The summed E-state index contributed by atoms with van der Waals surface area (Å²) in [7, 11) is 2.87. The first-order valence-electron chi connectivity index (χ1n) is 8.93. The average Bonchev–Trinajstić information content (AvgIpc) is 3.23. The molecule has 154 valence electrons. The van der Waals surface area contributed by atoms with Crippen LogP contribution in [0.2, 0.25) is 5.02 Å². The molecule has 0 aliphatic rings. The molecule has 1 amide bonds. The van der Waals surface area contributed by atoms with Crippen molar-refractivity contribution in [2.24, 2.45) is 5.10 Å². The fraction of sp³-hybridized carbons (Fsp3) is 0.136. The van der Waals surface area contributed by atoms with E-state index in [2.05, 4.69) is 10.5 Å². The Kier molecular flexibility index (Phi) is 6.87. The topological polar surface area (TPSA) is 90.1 Å². The molecular weight excluding hydrogens is 408 g/mol. The number of ether oxygens (including phenoxy) is 2. The first-order chi connectivity index (χ1) is 14.5. The van der Waals surface area contributed by atoms with Crippen molar-refractivity contribution >= 4 is 29.7 Å². The number of furan rings is 1. The monoisotopic (exact) mass is 426 g/mol. The van der Waals surface area contributed by atoms with Crippen molar-refractivity contribution < 1.29 is 23.5 Å². The zero-order chi connectivity index (χ0) is 21.5. The van der Waals surface area contributed by atoms with Crippen LogP contribution in [0, 0.1) is 0 Å². The zero-order valence-corrected chi connectivity index (χ0v) is 17.1. The van der Waals surface area contributed by atoms with E-state index in [4.69, 9.17) is 25.5 Å². The predicted octanol–water partition coefficient (Wildman–Crippen LogP) is 4.09. The number of benzene rings is 2. The molecule has 0 saturated heterocycles. The number of esters is 1. The first kappa shape index (κ1) is 21.1. The van der Waals surface area contributed by atoms with Gasteiger partial charge in [-0.1, -0.05) is 23.7 Å². The van der Waals surface area contributed by atoms with Crippen molar-refractivity contribution in [1.82, 2.24) is 5.43 Å². The van der Waals surface area contributed by atoms with Gasteiger partial charge in [-0.25, -0.2) is 10.2 Å². The standard InChI is InChI=1S/C22H19ClN2O5/c1-28-16-6-3-14(4-7-16)11-21(26)25-24-13-17-8-10-20(30-17)15-5-9-19(23)18(12-15)22(27)29-2/h3-10,12-13H,11H2,1-2H3,(H,25,26)/b24-13-. The largest absolute Gasteiger partial charge is 0.497 e. The summed E-state index contributed by atoms with van der Waals surface area (Å²) in [5.74, 6) is 0.885. The molecule has 0 aliphatic carbocycles. The van der Waals surface area contributed by atoms with Gasteiger partial charge in [0.05, 0.1) is 37.4 Å². The predicted molar refractivity (Wildman–Crippen MR) is 113 cm³/mol. The molecule has 30 heavy (non-hydrogen) atoms. The van der Waals surface area contributed by atoms with Crippen molar-refractivity contribution in [3.05, 3.63) is 76.5 Å². The maximum Gasteiger partial charge on any atom is 0.339 e. The second-order valence-electron chi connectivity index (χ2n) is 6.21. The molecule has 0 radical (unpaired) electrons. The maximum absolute atomic E-state index is 12.0. The number of nitrogens with one attached hydrogen (secondary N) is 1. The third-order valence-corrected chi connectivity index (χ3v) is 4.52. The third kappa shape index (κ3) is 5.27. The summed E-state index contributed by atoms with van der Waals surface area (Å²) in [6.45, 7) is 0. The van der Waals surface area contributed by atoms with E-state index in [9.17, 15) is 9.59 Å². The highest BCUT2D eigenvalue weighted by Gasteiger charge is 2.13. The lowest BCUT2D eigenvalue weighted by atomic mass is 10.1. The van der Waals surface area contributed by atoms with E-state index >= 15 is 0 Å². The number of amides is 1. The third-order valence-electron chi connectivity index (χ3n) is 4.19. The average molecular weight is 427 g/mol.